The van der Waals surface area contributed by atoms with Crippen molar-refractivity contribution in [2.75, 3.05) is 18.5 Å². The van der Waals surface area contributed by atoms with E-state index in [9.17, 15) is 4.79 Å². The van der Waals surface area contributed by atoms with Crippen molar-refractivity contribution in [1.29, 1.82) is 0 Å². The fourth-order valence-electron chi connectivity index (χ4n) is 1.70. The molecule has 18 heavy (non-hydrogen) atoms. The number of carboxylic acid groups (broad SMARTS) is 1. The highest BCUT2D eigenvalue weighted by atomic mass is 16.4. The molecule has 0 fully saturated rings. The molecule has 0 unspecified atom stereocenters. The van der Waals surface area contributed by atoms with E-state index in [2.05, 4.69) is 16.2 Å². The molecule has 0 aliphatic carbocycles. The van der Waals surface area contributed by atoms with Crippen LogP contribution in [0.15, 0.2) is 18.2 Å². The fourth-order valence-corrected chi connectivity index (χ4v) is 1.70. The summed E-state index contributed by atoms with van der Waals surface area (Å²) >= 11 is 0. The lowest BCUT2D eigenvalue weighted by atomic mass is 10.2. The number of carbonyl (C=O) groups is 1. The van der Waals surface area contributed by atoms with Crippen molar-refractivity contribution in [2.24, 2.45) is 0 Å². The van der Waals surface area contributed by atoms with E-state index in [1.807, 2.05) is 12.1 Å². The lowest BCUT2D eigenvalue weighted by Crippen LogP contribution is -2.24. The molecule has 0 amide bonds. The summed E-state index contributed by atoms with van der Waals surface area (Å²) in [6.07, 6.45) is 5.23. The second-order valence-corrected chi connectivity index (χ2v) is 3.87. The van der Waals surface area contributed by atoms with Crippen LogP contribution in [0.25, 0.3) is 11.0 Å². The Labute approximate surface area is 104 Å². The van der Waals surface area contributed by atoms with Crippen molar-refractivity contribution in [1.82, 2.24) is 15.0 Å². The first-order chi connectivity index (χ1) is 8.61. The average Bonchev–Trinajstić information content (AvgIpc) is 2.71. The van der Waals surface area contributed by atoms with Gasteiger partial charge in [-0.05, 0) is 18.2 Å². The number of hydrogen-bond acceptors (Lipinski definition) is 4. The minimum absolute atomic E-state index is 0.0655. The van der Waals surface area contributed by atoms with Gasteiger partial charge in [0.05, 0.1) is 5.52 Å². The number of hydrogen-bond donors (Lipinski definition) is 1. The van der Waals surface area contributed by atoms with E-state index < -0.39 is 5.97 Å². The van der Waals surface area contributed by atoms with Crippen LogP contribution in [0.2, 0.25) is 0 Å². The van der Waals surface area contributed by atoms with E-state index in [1.54, 1.807) is 22.7 Å². The van der Waals surface area contributed by atoms with Crippen LogP contribution in [0.4, 0.5) is 5.69 Å². The Bertz CT molecular complexity index is 627. The molecule has 0 aliphatic heterocycles. The third kappa shape index (κ3) is 2.25. The maximum Gasteiger partial charge on any atom is 0.323 e. The number of aromatic nitrogens is 3. The monoisotopic (exact) mass is 244 g/mol. The Balaban J connectivity index is 2.34. The first-order valence-corrected chi connectivity index (χ1v) is 5.31. The van der Waals surface area contributed by atoms with Gasteiger partial charge in [0.15, 0.2) is 0 Å². The highest BCUT2D eigenvalue weighted by Crippen LogP contribution is 2.19. The van der Waals surface area contributed by atoms with Crippen LogP contribution >= 0.6 is 0 Å². The number of likely N-dealkylation sites (N-methyl/N-ethyl adjacent to an activating group) is 1. The minimum Gasteiger partial charge on any atom is -0.480 e. The second kappa shape index (κ2) is 4.75. The van der Waals surface area contributed by atoms with E-state index >= 15 is 0 Å². The second-order valence-electron chi connectivity index (χ2n) is 3.87. The number of aliphatic carboxylic acids is 1. The summed E-state index contributed by atoms with van der Waals surface area (Å²) in [5.74, 6) is 1.62. The summed E-state index contributed by atoms with van der Waals surface area (Å²) in [5, 5.41) is 16.7. The SMILES string of the molecule is C#CCn1nnc2cc(N(C)CC(=O)O)ccc21. The van der Waals surface area contributed by atoms with E-state index in [0.717, 1.165) is 11.2 Å². The molecule has 0 radical (unpaired) electrons. The molecule has 1 heterocycles. The predicted molar refractivity (Wildman–Crippen MR) is 67.3 cm³/mol. The quantitative estimate of drug-likeness (QED) is 0.797. The van der Waals surface area contributed by atoms with Crippen LogP contribution < -0.4 is 4.90 Å². The number of nitrogens with zero attached hydrogens (tertiary/aromatic N) is 4. The molecule has 0 saturated heterocycles. The third-order valence-electron chi connectivity index (χ3n) is 2.55. The number of benzene rings is 1. The first-order valence-electron chi connectivity index (χ1n) is 5.31. The molecule has 0 atom stereocenters. The molecular weight excluding hydrogens is 232 g/mol. The van der Waals surface area contributed by atoms with Gasteiger partial charge in [0.25, 0.3) is 0 Å². The van der Waals surface area contributed by atoms with Crippen LogP contribution in [-0.4, -0.2) is 39.7 Å². The zero-order valence-electron chi connectivity index (χ0n) is 9.87. The standard InChI is InChI=1S/C12H12N4O2/c1-3-6-16-11-5-4-9(7-10(11)13-14-16)15(2)8-12(17)18/h1,4-5,7H,6,8H2,2H3,(H,17,18). The summed E-state index contributed by atoms with van der Waals surface area (Å²) < 4.78 is 1.62. The Morgan fingerprint density at radius 1 is 1.61 bits per heavy atom. The van der Waals surface area contributed by atoms with Crippen LogP contribution in [0.1, 0.15) is 0 Å². The van der Waals surface area contributed by atoms with Gasteiger partial charge in [-0.2, -0.15) is 0 Å². The molecule has 1 aromatic heterocycles. The number of carboxylic acids is 1. The topological polar surface area (TPSA) is 71.2 Å². The van der Waals surface area contributed by atoms with E-state index in [-0.39, 0.29) is 6.54 Å². The molecule has 6 nitrogen and oxygen atoms in total. The van der Waals surface area contributed by atoms with Crippen LogP contribution in [0.3, 0.4) is 0 Å². The van der Waals surface area contributed by atoms with Crippen molar-refractivity contribution >= 4 is 22.7 Å². The van der Waals surface area contributed by atoms with Gasteiger partial charge in [0, 0.05) is 12.7 Å². The zero-order chi connectivity index (χ0) is 13.1. The number of fused-ring (bicyclic) bond motifs is 1. The summed E-state index contributed by atoms with van der Waals surface area (Å²) in [6, 6.07) is 5.44. The van der Waals surface area contributed by atoms with E-state index in [0.29, 0.717) is 12.1 Å². The van der Waals surface area contributed by atoms with Gasteiger partial charge in [0.2, 0.25) is 0 Å². The van der Waals surface area contributed by atoms with Crippen LogP contribution in [0.5, 0.6) is 0 Å². The first kappa shape index (κ1) is 11.9. The summed E-state index contributed by atoms with van der Waals surface area (Å²) in [4.78, 5) is 12.3. The third-order valence-corrected chi connectivity index (χ3v) is 2.55. The molecule has 0 saturated carbocycles. The molecule has 6 heteroatoms. The zero-order valence-corrected chi connectivity index (χ0v) is 9.87. The largest absolute Gasteiger partial charge is 0.480 e. The van der Waals surface area contributed by atoms with E-state index in [1.165, 1.54) is 0 Å². The van der Waals surface area contributed by atoms with Gasteiger partial charge in [0.1, 0.15) is 18.6 Å². The van der Waals surface area contributed by atoms with Gasteiger partial charge in [-0.1, -0.05) is 11.1 Å². The van der Waals surface area contributed by atoms with Crippen molar-refractivity contribution in [3.05, 3.63) is 18.2 Å². The number of anilines is 1. The Morgan fingerprint density at radius 2 is 2.39 bits per heavy atom. The lowest BCUT2D eigenvalue weighted by molar-refractivity contribution is -0.135. The molecule has 0 aliphatic rings. The Morgan fingerprint density at radius 3 is 3.06 bits per heavy atom. The fraction of sp³-hybridized carbons (Fsp3) is 0.250. The van der Waals surface area contributed by atoms with Gasteiger partial charge in [-0.3, -0.25) is 4.79 Å². The molecule has 1 aromatic carbocycles. The predicted octanol–water partition coefficient (Wildman–Crippen LogP) is 0.585. The Kier molecular flexibility index (Phi) is 3.15. The lowest BCUT2D eigenvalue weighted by Gasteiger charge is -2.16. The molecule has 92 valence electrons. The summed E-state index contributed by atoms with van der Waals surface area (Å²) in [5.41, 5.74) is 2.30. The number of rotatable bonds is 4. The molecular formula is C12H12N4O2. The molecule has 1 N–H and O–H groups in total. The average molecular weight is 244 g/mol. The van der Waals surface area contributed by atoms with Crippen molar-refractivity contribution < 1.29 is 9.90 Å². The minimum atomic E-state index is -0.881. The maximum atomic E-state index is 10.6. The van der Waals surface area contributed by atoms with Crippen LogP contribution in [0, 0.1) is 12.3 Å². The molecule has 2 rings (SSSR count). The molecule has 0 bridgehead atoms. The molecule has 2 aromatic rings. The molecule has 0 spiro atoms. The Hall–Kier alpha value is -2.55. The van der Waals surface area contributed by atoms with Crippen molar-refractivity contribution in [3.63, 3.8) is 0 Å². The van der Waals surface area contributed by atoms with Gasteiger partial charge in [-0.15, -0.1) is 11.5 Å². The number of terminal acetylenes is 1. The smallest absolute Gasteiger partial charge is 0.323 e. The highest BCUT2D eigenvalue weighted by molar-refractivity contribution is 5.80. The van der Waals surface area contributed by atoms with E-state index in [4.69, 9.17) is 11.5 Å². The van der Waals surface area contributed by atoms with Crippen molar-refractivity contribution in [3.8, 4) is 12.3 Å². The maximum absolute atomic E-state index is 10.6. The van der Waals surface area contributed by atoms with Gasteiger partial charge < -0.3 is 10.0 Å². The van der Waals surface area contributed by atoms with Crippen LogP contribution in [-0.2, 0) is 11.3 Å². The van der Waals surface area contributed by atoms with Crippen molar-refractivity contribution in [2.45, 2.75) is 6.54 Å². The van der Waals surface area contributed by atoms with Gasteiger partial charge >= 0.3 is 5.97 Å². The highest BCUT2D eigenvalue weighted by Gasteiger charge is 2.09. The van der Waals surface area contributed by atoms with Gasteiger partial charge in [-0.25, -0.2) is 4.68 Å². The summed E-state index contributed by atoms with van der Waals surface area (Å²) in [6.45, 7) is 0.296. The normalized spacial score (nSPS) is 10.2. The summed E-state index contributed by atoms with van der Waals surface area (Å²) in [7, 11) is 1.71.